The van der Waals surface area contributed by atoms with Crippen molar-refractivity contribution >= 4 is 40.6 Å². The number of aromatic nitrogens is 3. The van der Waals surface area contributed by atoms with E-state index in [2.05, 4.69) is 66.3 Å². The van der Waals surface area contributed by atoms with Crippen LogP contribution < -0.4 is 25.6 Å². The van der Waals surface area contributed by atoms with Crippen LogP contribution in [0.4, 0.5) is 43.4 Å². The molecule has 0 unspecified atom stereocenters. The average Bonchev–Trinajstić information content (AvgIpc) is 3.39. The quantitative estimate of drug-likeness (QED) is 0.202. The molecule has 0 saturated carbocycles. The molecule has 1 aromatic heterocycles. The van der Waals surface area contributed by atoms with E-state index >= 15 is 0 Å². The third-order valence-corrected chi connectivity index (χ3v) is 7.43. The number of methoxy groups -OCH3 is 1. The normalized spacial score (nSPS) is 15.2. The number of amides is 1. The maximum absolute atomic E-state index is 14.1. The van der Waals surface area contributed by atoms with E-state index in [-0.39, 0.29) is 29.1 Å². The van der Waals surface area contributed by atoms with E-state index in [9.17, 15) is 18.7 Å². The van der Waals surface area contributed by atoms with Crippen molar-refractivity contribution in [1.82, 2.24) is 24.8 Å². The van der Waals surface area contributed by atoms with Crippen LogP contribution in [-0.4, -0.2) is 89.8 Å². The number of rotatable bonds is 13. The van der Waals surface area contributed by atoms with Crippen molar-refractivity contribution in [3.63, 3.8) is 0 Å². The minimum atomic E-state index is -1.48. The predicted octanol–water partition coefficient (Wildman–Crippen LogP) is 4.42. The van der Waals surface area contributed by atoms with Crippen molar-refractivity contribution in [3.05, 3.63) is 60.4 Å². The highest BCUT2D eigenvalue weighted by Gasteiger charge is 2.27. The second-order valence-corrected chi connectivity index (χ2v) is 11.7. The Morgan fingerprint density at radius 1 is 1.11 bits per heavy atom. The van der Waals surface area contributed by atoms with Gasteiger partial charge in [0.25, 0.3) is 0 Å². The van der Waals surface area contributed by atoms with Crippen LogP contribution in [0.25, 0.3) is 0 Å². The zero-order valence-electron chi connectivity index (χ0n) is 26.5. The summed E-state index contributed by atoms with van der Waals surface area (Å²) in [6.07, 6.45) is 4.67. The summed E-state index contributed by atoms with van der Waals surface area (Å²) in [4.78, 5) is 31.7. The molecule has 2 aromatic carbocycles. The predicted molar refractivity (Wildman–Crippen MR) is 171 cm³/mol. The Labute approximate surface area is 262 Å². The van der Waals surface area contributed by atoms with Gasteiger partial charge >= 0.3 is 0 Å². The Bertz CT molecular complexity index is 1530. The SMILES string of the molecule is C=CC(=O)Nc1cc(Nc2ncnc(Nc3cc(F)c(F)cc3C(C)(C)O)n2)c(OC)cc1N(C)CN1CCC[C@@H]1CN(C)C. The van der Waals surface area contributed by atoms with Crippen LogP contribution in [0, 0.1) is 11.6 Å². The van der Waals surface area contributed by atoms with Crippen LogP contribution in [0.15, 0.2) is 43.2 Å². The van der Waals surface area contributed by atoms with Crippen molar-refractivity contribution in [2.24, 2.45) is 0 Å². The van der Waals surface area contributed by atoms with Crippen LogP contribution in [0.5, 0.6) is 5.75 Å². The molecule has 1 atom stereocenters. The minimum absolute atomic E-state index is 0.0115. The maximum Gasteiger partial charge on any atom is 0.247 e. The Balaban J connectivity index is 1.63. The molecule has 3 aromatic rings. The molecular weight excluding hydrogens is 584 g/mol. The summed E-state index contributed by atoms with van der Waals surface area (Å²) in [5.41, 5.74) is 0.409. The maximum atomic E-state index is 14.1. The number of nitrogens with zero attached hydrogens (tertiary/aromatic N) is 6. The van der Waals surface area contributed by atoms with Crippen molar-refractivity contribution in [1.29, 1.82) is 0 Å². The third kappa shape index (κ3) is 8.41. The van der Waals surface area contributed by atoms with Crippen LogP contribution in [-0.2, 0) is 10.4 Å². The van der Waals surface area contributed by atoms with E-state index < -0.39 is 17.2 Å². The number of benzene rings is 2. The fourth-order valence-electron chi connectivity index (χ4n) is 5.31. The Morgan fingerprint density at radius 2 is 1.78 bits per heavy atom. The van der Waals surface area contributed by atoms with Gasteiger partial charge in [-0.2, -0.15) is 4.98 Å². The molecule has 45 heavy (non-hydrogen) atoms. The molecule has 0 radical (unpaired) electrons. The highest BCUT2D eigenvalue weighted by Crippen LogP contribution is 2.38. The summed E-state index contributed by atoms with van der Waals surface area (Å²) in [5, 5.41) is 19.3. The van der Waals surface area contributed by atoms with Gasteiger partial charge in [-0.3, -0.25) is 9.69 Å². The topological polar surface area (TPSA) is 131 Å². The van der Waals surface area contributed by atoms with Gasteiger partial charge in [-0.25, -0.2) is 18.7 Å². The molecule has 14 heteroatoms. The minimum Gasteiger partial charge on any atom is -0.494 e. The lowest BCUT2D eigenvalue weighted by atomic mass is 9.96. The molecule has 4 N–H and O–H groups in total. The molecule has 1 amide bonds. The van der Waals surface area contributed by atoms with E-state index in [1.165, 1.54) is 33.4 Å². The fraction of sp³-hybridized carbons (Fsp3) is 0.419. The number of anilines is 6. The molecule has 0 bridgehead atoms. The number of carbonyl (C=O) groups excluding carboxylic acids is 1. The molecule has 1 aliphatic rings. The van der Waals surface area contributed by atoms with E-state index in [1.807, 2.05) is 13.1 Å². The molecule has 2 heterocycles. The smallest absolute Gasteiger partial charge is 0.247 e. The molecule has 12 nitrogen and oxygen atoms in total. The van der Waals surface area contributed by atoms with Gasteiger partial charge in [0.05, 0.1) is 42.1 Å². The first-order valence-corrected chi connectivity index (χ1v) is 14.5. The molecule has 1 saturated heterocycles. The van der Waals surface area contributed by atoms with Gasteiger partial charge in [0.2, 0.25) is 17.8 Å². The summed E-state index contributed by atoms with van der Waals surface area (Å²) >= 11 is 0. The van der Waals surface area contributed by atoms with Crippen molar-refractivity contribution in [2.75, 3.05) is 68.9 Å². The molecular formula is C31H41F2N9O3. The van der Waals surface area contributed by atoms with Gasteiger partial charge in [0, 0.05) is 43.9 Å². The Hall–Kier alpha value is -4.40. The van der Waals surface area contributed by atoms with Gasteiger partial charge in [-0.1, -0.05) is 6.58 Å². The van der Waals surface area contributed by atoms with Gasteiger partial charge in [-0.15, -0.1) is 0 Å². The van der Waals surface area contributed by atoms with Gasteiger partial charge < -0.3 is 35.6 Å². The average molecular weight is 626 g/mol. The lowest BCUT2D eigenvalue weighted by Gasteiger charge is -2.33. The van der Waals surface area contributed by atoms with E-state index in [4.69, 9.17) is 4.74 Å². The Kier molecular flexibility index (Phi) is 10.5. The summed E-state index contributed by atoms with van der Waals surface area (Å²) in [6.45, 7) is 9.06. The fourth-order valence-corrected chi connectivity index (χ4v) is 5.31. The second-order valence-electron chi connectivity index (χ2n) is 11.7. The first-order chi connectivity index (χ1) is 21.3. The summed E-state index contributed by atoms with van der Waals surface area (Å²) in [6, 6.07) is 5.81. The van der Waals surface area contributed by atoms with E-state index in [0.717, 1.165) is 43.8 Å². The van der Waals surface area contributed by atoms with Crippen LogP contribution in [0.1, 0.15) is 32.3 Å². The zero-order valence-corrected chi connectivity index (χ0v) is 26.5. The number of hydrogen-bond acceptors (Lipinski definition) is 11. The summed E-state index contributed by atoms with van der Waals surface area (Å²) < 4.78 is 33.8. The number of hydrogen-bond donors (Lipinski definition) is 4. The number of likely N-dealkylation sites (tertiary alicyclic amines) is 1. The van der Waals surface area contributed by atoms with Crippen molar-refractivity contribution in [2.45, 2.75) is 38.3 Å². The largest absolute Gasteiger partial charge is 0.494 e. The first-order valence-electron chi connectivity index (χ1n) is 14.5. The van der Waals surface area contributed by atoms with Crippen LogP contribution in [0.2, 0.25) is 0 Å². The van der Waals surface area contributed by atoms with E-state index in [0.29, 0.717) is 29.8 Å². The van der Waals surface area contributed by atoms with Gasteiger partial charge in [0.15, 0.2) is 11.6 Å². The lowest BCUT2D eigenvalue weighted by Crippen LogP contribution is -2.43. The van der Waals surface area contributed by atoms with Crippen LogP contribution >= 0.6 is 0 Å². The Morgan fingerprint density at radius 3 is 2.40 bits per heavy atom. The standard InChI is InChI=1S/C31H41F2N9O3/c1-8-28(43)36-24-14-25(27(45-7)15-26(24)41(6)18-42-11-9-10-19(42)16-40(4)5)38-30-35-17-34-29(39-30)37-23-13-22(33)21(32)12-20(23)31(2,3)44/h8,12-15,17,19,44H,1,9-11,16,18H2,2-7H3,(H,36,43)(H2,34,35,37,38,39)/t19-/m1/s1. The third-order valence-electron chi connectivity index (χ3n) is 7.43. The monoisotopic (exact) mass is 625 g/mol. The second kappa shape index (κ2) is 14.1. The number of likely N-dealkylation sites (N-methyl/N-ethyl adjacent to an activating group) is 1. The van der Waals surface area contributed by atoms with E-state index in [1.54, 1.807) is 6.07 Å². The molecule has 4 rings (SSSR count). The molecule has 0 aliphatic carbocycles. The molecule has 1 fully saturated rings. The lowest BCUT2D eigenvalue weighted by molar-refractivity contribution is -0.111. The number of halogens is 2. The highest BCUT2D eigenvalue weighted by molar-refractivity contribution is 6.02. The van der Waals surface area contributed by atoms with Gasteiger partial charge in [-0.05, 0) is 59.0 Å². The van der Waals surface area contributed by atoms with Crippen molar-refractivity contribution < 1.29 is 23.4 Å². The van der Waals surface area contributed by atoms with Crippen molar-refractivity contribution in [3.8, 4) is 5.75 Å². The molecule has 1 aliphatic heterocycles. The van der Waals surface area contributed by atoms with Crippen LogP contribution in [0.3, 0.4) is 0 Å². The van der Waals surface area contributed by atoms with Gasteiger partial charge in [0.1, 0.15) is 12.1 Å². The number of nitrogens with one attached hydrogen (secondary N) is 3. The zero-order chi connectivity index (χ0) is 32.9. The molecule has 0 spiro atoms. The number of aliphatic hydroxyl groups is 1. The number of carbonyl (C=O) groups is 1. The summed E-state index contributed by atoms with van der Waals surface area (Å²) in [7, 11) is 7.63. The molecule has 242 valence electrons. The number of ether oxygens (including phenoxy) is 1. The highest BCUT2D eigenvalue weighted by atomic mass is 19.2. The summed E-state index contributed by atoms with van der Waals surface area (Å²) in [5.74, 6) is -2.00. The first kappa shape index (κ1) is 33.5.